The summed E-state index contributed by atoms with van der Waals surface area (Å²) in [6.45, 7) is 4.09. The van der Waals surface area contributed by atoms with Crippen LogP contribution in [-0.2, 0) is 12.0 Å². The first-order valence-electron chi connectivity index (χ1n) is 9.43. The van der Waals surface area contributed by atoms with Gasteiger partial charge in [0.1, 0.15) is 11.7 Å². The highest BCUT2D eigenvalue weighted by Crippen LogP contribution is 2.51. The van der Waals surface area contributed by atoms with E-state index < -0.39 is 5.54 Å². The van der Waals surface area contributed by atoms with Gasteiger partial charge in [0.2, 0.25) is 0 Å². The molecule has 5 nitrogen and oxygen atoms in total. The summed E-state index contributed by atoms with van der Waals surface area (Å²) in [6.07, 6.45) is 4.13. The number of aryl methyl sites for hydroxylation is 1. The molecule has 0 unspecified atom stereocenters. The zero-order valence-corrected chi connectivity index (χ0v) is 18.3. The summed E-state index contributed by atoms with van der Waals surface area (Å²) in [5.74, 6) is 1.75. The summed E-state index contributed by atoms with van der Waals surface area (Å²) in [5.41, 5.74) is 0.491. The van der Waals surface area contributed by atoms with Gasteiger partial charge in [-0.2, -0.15) is 0 Å². The average Bonchev–Trinajstić information content (AvgIpc) is 3.03. The van der Waals surface area contributed by atoms with Crippen LogP contribution in [0.2, 0.25) is 5.02 Å². The van der Waals surface area contributed by atoms with Gasteiger partial charge in [0.15, 0.2) is 0 Å². The van der Waals surface area contributed by atoms with Crippen LogP contribution in [0.25, 0.3) is 0 Å². The quantitative estimate of drug-likeness (QED) is 0.628. The number of anilines is 1. The van der Waals surface area contributed by atoms with Crippen molar-refractivity contribution in [2.24, 2.45) is 0 Å². The second-order valence-corrected chi connectivity index (χ2v) is 10.4. The molecule has 1 saturated carbocycles. The maximum Gasteiger partial charge on any atom is 0.266 e. The molecule has 0 aromatic carbocycles. The van der Waals surface area contributed by atoms with Crippen molar-refractivity contribution in [1.29, 1.82) is 5.41 Å². The lowest BCUT2D eigenvalue weighted by atomic mass is 9.82. The minimum atomic E-state index is -0.441. The van der Waals surface area contributed by atoms with E-state index >= 15 is 0 Å². The third kappa shape index (κ3) is 3.44. The Morgan fingerprint density at radius 2 is 2.21 bits per heavy atom. The summed E-state index contributed by atoms with van der Waals surface area (Å²) in [5, 5.41) is 15.3. The molecule has 3 heterocycles. The number of hydrogen-bond donors (Lipinski definition) is 3. The minimum absolute atomic E-state index is 0.0284. The summed E-state index contributed by atoms with van der Waals surface area (Å²) in [6, 6.07) is 7.33. The van der Waals surface area contributed by atoms with Crippen LogP contribution in [0, 0.1) is 5.41 Å². The van der Waals surface area contributed by atoms with Gasteiger partial charge < -0.3 is 10.6 Å². The van der Waals surface area contributed by atoms with E-state index in [0.717, 1.165) is 35.6 Å². The third-order valence-corrected chi connectivity index (χ3v) is 9.17. The summed E-state index contributed by atoms with van der Waals surface area (Å²) in [7, 11) is 0. The van der Waals surface area contributed by atoms with Crippen LogP contribution in [0.5, 0.6) is 0 Å². The number of thiophene rings is 1. The number of carbonyl (C=O) groups is 1. The van der Waals surface area contributed by atoms with Crippen LogP contribution in [-0.4, -0.2) is 27.2 Å². The molecular formula is C20H23ClN4OS2. The Kier molecular flexibility index (Phi) is 5.18. The van der Waals surface area contributed by atoms with E-state index in [2.05, 4.69) is 22.5 Å². The van der Waals surface area contributed by atoms with Crippen LogP contribution >= 0.6 is 34.7 Å². The van der Waals surface area contributed by atoms with Crippen LogP contribution in [0.15, 0.2) is 24.3 Å². The van der Waals surface area contributed by atoms with Crippen LogP contribution < -0.4 is 10.6 Å². The van der Waals surface area contributed by atoms with Gasteiger partial charge in [-0.05, 0) is 50.8 Å². The SMILES string of the molecule is CCc1cccc(NC(=O)c2cc(Cl)c([C@]3(C)CSC4(CCC4)C(=N)N3)s2)n1. The van der Waals surface area contributed by atoms with E-state index in [1.54, 1.807) is 12.1 Å². The Hall–Kier alpha value is -1.57. The molecular weight excluding hydrogens is 412 g/mol. The summed E-state index contributed by atoms with van der Waals surface area (Å²) in [4.78, 5) is 18.6. The predicted molar refractivity (Wildman–Crippen MR) is 118 cm³/mol. The Morgan fingerprint density at radius 3 is 2.86 bits per heavy atom. The summed E-state index contributed by atoms with van der Waals surface area (Å²) < 4.78 is -0.0284. The third-order valence-electron chi connectivity index (χ3n) is 5.48. The molecule has 4 rings (SSSR count). The smallest absolute Gasteiger partial charge is 0.266 e. The fourth-order valence-electron chi connectivity index (χ4n) is 3.58. The topological polar surface area (TPSA) is 77.9 Å². The predicted octanol–water partition coefficient (Wildman–Crippen LogP) is 5.06. The number of hydrogen-bond acceptors (Lipinski definition) is 5. The number of nitrogens with one attached hydrogen (secondary N) is 3. The number of thioether (sulfide) groups is 1. The lowest BCUT2D eigenvalue weighted by molar-refractivity contribution is 0.103. The molecule has 8 heteroatoms. The first-order valence-corrected chi connectivity index (χ1v) is 11.6. The molecule has 1 aliphatic heterocycles. The molecule has 0 radical (unpaired) electrons. The van der Waals surface area contributed by atoms with Crippen molar-refractivity contribution in [1.82, 2.24) is 10.3 Å². The van der Waals surface area contributed by atoms with Gasteiger partial charge in [-0.15, -0.1) is 23.1 Å². The zero-order valence-electron chi connectivity index (χ0n) is 15.9. The first-order chi connectivity index (χ1) is 13.3. The van der Waals surface area contributed by atoms with Crippen molar-refractivity contribution in [2.45, 2.75) is 49.8 Å². The molecule has 1 spiro atoms. The number of amides is 1. The molecule has 0 bridgehead atoms. The van der Waals surface area contributed by atoms with Gasteiger partial charge in [-0.25, -0.2) is 4.98 Å². The molecule has 2 fully saturated rings. The van der Waals surface area contributed by atoms with Crippen LogP contribution in [0.3, 0.4) is 0 Å². The molecule has 2 aromatic rings. The van der Waals surface area contributed by atoms with E-state index in [4.69, 9.17) is 17.0 Å². The van der Waals surface area contributed by atoms with E-state index in [-0.39, 0.29) is 10.7 Å². The van der Waals surface area contributed by atoms with Gasteiger partial charge in [-0.1, -0.05) is 24.6 Å². The fraction of sp³-hybridized carbons (Fsp3) is 0.450. The van der Waals surface area contributed by atoms with Gasteiger partial charge in [0.05, 0.1) is 20.2 Å². The first kappa shape index (κ1) is 19.7. The van der Waals surface area contributed by atoms with E-state index in [1.165, 1.54) is 17.8 Å². The molecule has 1 saturated heterocycles. The number of aromatic nitrogens is 1. The van der Waals surface area contributed by atoms with Crippen molar-refractivity contribution >= 4 is 52.3 Å². The highest BCUT2D eigenvalue weighted by molar-refractivity contribution is 8.01. The highest BCUT2D eigenvalue weighted by Gasteiger charge is 2.50. The average molecular weight is 435 g/mol. The van der Waals surface area contributed by atoms with E-state index in [9.17, 15) is 4.79 Å². The van der Waals surface area contributed by atoms with Crippen molar-refractivity contribution in [3.63, 3.8) is 0 Å². The zero-order chi connectivity index (χ0) is 19.9. The number of pyridine rings is 1. The van der Waals surface area contributed by atoms with Crippen molar-refractivity contribution in [3.8, 4) is 0 Å². The maximum atomic E-state index is 12.7. The maximum absolute atomic E-state index is 12.7. The number of carbonyl (C=O) groups excluding carboxylic acids is 1. The standard InChI is InChI=1S/C20H23ClN4OS2/c1-3-12-6-4-7-15(23-12)24-17(26)14-10-13(21)16(28-14)19(2)11-27-20(8-5-9-20)18(22)25-19/h4,6-7,10H,3,5,8-9,11H2,1-2H3,(H2,22,25)(H,23,24,26)/t19-/m0/s1. The molecule has 28 heavy (non-hydrogen) atoms. The van der Waals surface area contributed by atoms with E-state index in [1.807, 2.05) is 30.8 Å². The number of amidine groups is 1. The van der Waals surface area contributed by atoms with Gasteiger partial charge in [0, 0.05) is 16.3 Å². The number of halogens is 1. The molecule has 148 valence electrons. The van der Waals surface area contributed by atoms with Crippen molar-refractivity contribution < 1.29 is 4.79 Å². The second-order valence-electron chi connectivity index (χ2n) is 7.58. The van der Waals surface area contributed by atoms with Crippen LogP contribution in [0.4, 0.5) is 5.82 Å². The monoisotopic (exact) mass is 434 g/mol. The van der Waals surface area contributed by atoms with Crippen LogP contribution in [0.1, 0.15) is 53.4 Å². The van der Waals surface area contributed by atoms with Gasteiger partial charge in [0.25, 0.3) is 5.91 Å². The minimum Gasteiger partial charge on any atom is -0.362 e. The molecule has 2 aliphatic rings. The second kappa shape index (κ2) is 7.35. The Morgan fingerprint density at radius 1 is 1.43 bits per heavy atom. The number of nitrogens with zero attached hydrogens (tertiary/aromatic N) is 1. The normalized spacial score (nSPS) is 23.2. The molecule has 1 aliphatic carbocycles. The number of rotatable bonds is 4. The summed E-state index contributed by atoms with van der Waals surface area (Å²) >= 11 is 9.76. The Balaban J connectivity index is 1.53. The largest absolute Gasteiger partial charge is 0.362 e. The van der Waals surface area contributed by atoms with E-state index in [0.29, 0.717) is 21.6 Å². The Labute approximate surface area is 178 Å². The van der Waals surface area contributed by atoms with Gasteiger partial charge >= 0.3 is 0 Å². The molecule has 2 aromatic heterocycles. The molecule has 3 N–H and O–H groups in total. The lowest BCUT2D eigenvalue weighted by Gasteiger charge is -2.50. The van der Waals surface area contributed by atoms with Gasteiger partial charge in [-0.3, -0.25) is 10.2 Å². The van der Waals surface area contributed by atoms with Crippen molar-refractivity contribution in [3.05, 3.63) is 44.7 Å². The van der Waals surface area contributed by atoms with Crippen molar-refractivity contribution in [2.75, 3.05) is 11.1 Å². The highest BCUT2D eigenvalue weighted by atomic mass is 35.5. The lowest BCUT2D eigenvalue weighted by Crippen LogP contribution is -2.60. The molecule has 1 atom stereocenters. The molecule has 1 amide bonds. The fourth-order valence-corrected chi connectivity index (χ4v) is 6.76. The Bertz CT molecular complexity index is 940.